The molecule has 0 aromatic heterocycles. The minimum atomic E-state index is -0.529. The first-order chi connectivity index (χ1) is 13.8. The van der Waals surface area contributed by atoms with Crippen LogP contribution in [0.15, 0.2) is 42.5 Å². The van der Waals surface area contributed by atoms with Crippen molar-refractivity contribution in [1.82, 2.24) is 4.90 Å². The summed E-state index contributed by atoms with van der Waals surface area (Å²) >= 11 is 0. The van der Waals surface area contributed by atoms with Crippen molar-refractivity contribution < 1.29 is 19.2 Å². The predicted octanol–water partition coefficient (Wildman–Crippen LogP) is 3.76. The number of carbonyl (C=O) groups is 2. The van der Waals surface area contributed by atoms with Gasteiger partial charge < -0.3 is 15.0 Å². The highest BCUT2D eigenvalue weighted by Crippen LogP contribution is 2.30. The van der Waals surface area contributed by atoms with Gasteiger partial charge in [-0.3, -0.25) is 19.7 Å². The maximum Gasteiger partial charge on any atom is 0.269 e. The second-order valence-corrected chi connectivity index (χ2v) is 7.16. The zero-order valence-electron chi connectivity index (χ0n) is 16.5. The molecule has 1 atom stereocenters. The van der Waals surface area contributed by atoms with E-state index in [9.17, 15) is 19.7 Å². The lowest BCUT2D eigenvalue weighted by Gasteiger charge is -2.27. The Bertz CT molecular complexity index is 940. The Morgan fingerprint density at radius 3 is 2.55 bits per heavy atom. The number of nitrogens with zero attached hydrogens (tertiary/aromatic N) is 2. The third-order valence-electron chi connectivity index (χ3n) is 4.82. The highest BCUT2D eigenvalue weighted by atomic mass is 16.6. The average molecular weight is 397 g/mol. The number of nitro benzene ring substituents is 1. The molecule has 1 unspecified atom stereocenters. The van der Waals surface area contributed by atoms with E-state index < -0.39 is 11.0 Å². The summed E-state index contributed by atoms with van der Waals surface area (Å²) in [4.78, 5) is 37.2. The van der Waals surface area contributed by atoms with Crippen LogP contribution < -0.4 is 10.1 Å². The van der Waals surface area contributed by atoms with Gasteiger partial charge in [0.05, 0.1) is 4.92 Å². The van der Waals surface area contributed by atoms with Crippen molar-refractivity contribution >= 4 is 23.2 Å². The number of ether oxygens (including phenoxy) is 1. The third kappa shape index (κ3) is 4.37. The van der Waals surface area contributed by atoms with Crippen molar-refractivity contribution in [1.29, 1.82) is 0 Å². The largest absolute Gasteiger partial charge is 0.480 e. The lowest BCUT2D eigenvalue weighted by Crippen LogP contribution is -2.42. The van der Waals surface area contributed by atoms with Crippen molar-refractivity contribution in [3.8, 4) is 5.75 Å². The molecule has 0 fully saturated rings. The van der Waals surface area contributed by atoms with E-state index in [1.54, 1.807) is 23.1 Å². The van der Waals surface area contributed by atoms with E-state index in [-0.39, 0.29) is 23.5 Å². The third-order valence-corrected chi connectivity index (χ3v) is 4.82. The van der Waals surface area contributed by atoms with Gasteiger partial charge in [0.2, 0.25) is 0 Å². The zero-order chi connectivity index (χ0) is 21.1. The van der Waals surface area contributed by atoms with E-state index in [1.165, 1.54) is 24.3 Å². The van der Waals surface area contributed by atoms with Crippen LogP contribution in [0.1, 0.15) is 43.1 Å². The molecule has 0 saturated carbocycles. The molecule has 8 heteroatoms. The first-order valence-corrected chi connectivity index (χ1v) is 9.46. The van der Waals surface area contributed by atoms with E-state index in [2.05, 4.69) is 5.32 Å². The Kier molecular flexibility index (Phi) is 5.81. The van der Waals surface area contributed by atoms with E-state index in [0.29, 0.717) is 30.0 Å². The van der Waals surface area contributed by atoms with E-state index >= 15 is 0 Å². The number of benzene rings is 2. The maximum absolute atomic E-state index is 12.7. The first-order valence-electron chi connectivity index (χ1n) is 9.46. The van der Waals surface area contributed by atoms with Crippen LogP contribution in [-0.2, 0) is 11.3 Å². The molecule has 3 rings (SSSR count). The maximum atomic E-state index is 12.7. The molecular weight excluding hydrogens is 374 g/mol. The van der Waals surface area contributed by atoms with Gasteiger partial charge in [-0.05, 0) is 50.6 Å². The summed E-state index contributed by atoms with van der Waals surface area (Å²) in [6.07, 6.45) is 0.0411. The van der Waals surface area contributed by atoms with Crippen LogP contribution in [0.3, 0.4) is 0 Å². The molecule has 0 spiro atoms. The monoisotopic (exact) mass is 397 g/mol. The summed E-state index contributed by atoms with van der Waals surface area (Å²) in [6.45, 7) is 6.21. The smallest absolute Gasteiger partial charge is 0.269 e. The minimum absolute atomic E-state index is 0.0180. The van der Waals surface area contributed by atoms with Crippen LogP contribution in [0.4, 0.5) is 11.4 Å². The van der Waals surface area contributed by atoms with Gasteiger partial charge in [0, 0.05) is 41.5 Å². The standard InChI is InChI=1S/C21H23N3O5/c1-4-18-21(26)23(13(2)3)12-15-11-16(7-10-19(15)29-18)22-20(25)14-5-8-17(9-6-14)24(27)28/h5-11,13,18H,4,12H2,1-3H3,(H,22,25). The van der Waals surface area contributed by atoms with Crippen molar-refractivity contribution in [2.24, 2.45) is 0 Å². The molecule has 2 aromatic rings. The zero-order valence-corrected chi connectivity index (χ0v) is 16.5. The summed E-state index contributed by atoms with van der Waals surface area (Å²) in [5, 5.41) is 13.5. The number of nitrogens with one attached hydrogen (secondary N) is 1. The number of rotatable bonds is 5. The van der Waals surface area contributed by atoms with Gasteiger partial charge in [0.1, 0.15) is 5.75 Å². The van der Waals surface area contributed by atoms with Crippen LogP contribution in [0.2, 0.25) is 0 Å². The van der Waals surface area contributed by atoms with Crippen molar-refractivity contribution in [2.45, 2.75) is 45.9 Å². The topological polar surface area (TPSA) is 102 Å². The number of fused-ring (bicyclic) bond motifs is 1. The predicted molar refractivity (Wildman–Crippen MR) is 108 cm³/mol. The molecule has 29 heavy (non-hydrogen) atoms. The van der Waals surface area contributed by atoms with Crippen LogP contribution in [0.25, 0.3) is 0 Å². The highest BCUT2D eigenvalue weighted by molar-refractivity contribution is 6.04. The summed E-state index contributed by atoms with van der Waals surface area (Å²) in [5.74, 6) is 0.203. The lowest BCUT2D eigenvalue weighted by molar-refractivity contribution is -0.384. The lowest BCUT2D eigenvalue weighted by atomic mass is 10.1. The van der Waals surface area contributed by atoms with Crippen molar-refractivity contribution in [3.05, 3.63) is 63.7 Å². The summed E-state index contributed by atoms with van der Waals surface area (Å²) in [5.41, 5.74) is 1.60. The SMILES string of the molecule is CCC1Oc2ccc(NC(=O)c3ccc([N+](=O)[O-])cc3)cc2CN(C(C)C)C1=O. The normalized spacial score (nSPS) is 16.1. The Morgan fingerprint density at radius 1 is 1.28 bits per heavy atom. The van der Waals surface area contributed by atoms with Gasteiger partial charge in [0.25, 0.3) is 17.5 Å². The fourth-order valence-electron chi connectivity index (χ4n) is 3.18. The number of non-ortho nitro benzene ring substituents is 1. The van der Waals surface area contributed by atoms with Crippen molar-refractivity contribution in [3.63, 3.8) is 0 Å². The summed E-state index contributed by atoms with van der Waals surface area (Å²) in [6, 6.07) is 10.7. The quantitative estimate of drug-likeness (QED) is 0.611. The van der Waals surface area contributed by atoms with Crippen LogP contribution in [-0.4, -0.2) is 33.8 Å². The second-order valence-electron chi connectivity index (χ2n) is 7.16. The summed E-state index contributed by atoms with van der Waals surface area (Å²) in [7, 11) is 0. The number of hydrogen-bond acceptors (Lipinski definition) is 5. The molecule has 1 N–H and O–H groups in total. The molecule has 0 bridgehead atoms. The fourth-order valence-corrected chi connectivity index (χ4v) is 3.18. The van der Waals surface area contributed by atoms with Crippen LogP contribution in [0, 0.1) is 10.1 Å². The number of amides is 2. The Morgan fingerprint density at radius 2 is 1.97 bits per heavy atom. The molecule has 8 nitrogen and oxygen atoms in total. The minimum Gasteiger partial charge on any atom is -0.480 e. The Balaban J connectivity index is 1.82. The molecule has 1 aliphatic rings. The molecular formula is C21H23N3O5. The van der Waals surface area contributed by atoms with E-state index in [1.807, 2.05) is 20.8 Å². The molecule has 1 aliphatic heterocycles. The molecule has 0 aliphatic carbocycles. The molecule has 2 amide bonds. The second kappa shape index (κ2) is 8.30. The molecule has 0 radical (unpaired) electrons. The fraction of sp³-hybridized carbons (Fsp3) is 0.333. The van der Waals surface area contributed by atoms with Gasteiger partial charge in [0.15, 0.2) is 6.10 Å². The highest BCUT2D eigenvalue weighted by Gasteiger charge is 2.31. The van der Waals surface area contributed by atoms with Gasteiger partial charge in [-0.2, -0.15) is 0 Å². The van der Waals surface area contributed by atoms with E-state index in [4.69, 9.17) is 4.74 Å². The average Bonchev–Trinajstić information content (AvgIpc) is 2.84. The van der Waals surface area contributed by atoms with Gasteiger partial charge in [-0.15, -0.1) is 0 Å². The number of carbonyl (C=O) groups excluding carboxylic acids is 2. The molecule has 152 valence electrons. The Labute approximate surface area is 168 Å². The van der Waals surface area contributed by atoms with Crippen LogP contribution in [0.5, 0.6) is 5.75 Å². The number of hydrogen-bond donors (Lipinski definition) is 1. The number of anilines is 1. The van der Waals surface area contributed by atoms with Gasteiger partial charge >= 0.3 is 0 Å². The van der Waals surface area contributed by atoms with Gasteiger partial charge in [-0.25, -0.2) is 0 Å². The van der Waals surface area contributed by atoms with E-state index in [0.717, 1.165) is 5.56 Å². The first kappa shape index (κ1) is 20.3. The van der Waals surface area contributed by atoms with Crippen molar-refractivity contribution in [2.75, 3.05) is 5.32 Å². The van der Waals surface area contributed by atoms with Gasteiger partial charge in [-0.1, -0.05) is 6.92 Å². The van der Waals surface area contributed by atoms with Crippen LogP contribution >= 0.6 is 0 Å². The molecule has 0 saturated heterocycles. The Hall–Kier alpha value is -3.42. The summed E-state index contributed by atoms with van der Waals surface area (Å²) < 4.78 is 5.91. The molecule has 2 aromatic carbocycles. The number of nitro groups is 1. The molecule has 1 heterocycles.